The number of aliphatic hydroxyl groups is 1. The van der Waals surface area contributed by atoms with Gasteiger partial charge in [-0.15, -0.1) is 0 Å². The summed E-state index contributed by atoms with van der Waals surface area (Å²) in [6.07, 6.45) is -0.243. The van der Waals surface area contributed by atoms with Gasteiger partial charge in [-0.1, -0.05) is 6.92 Å². The Bertz CT molecular complexity index is 420. The topological polar surface area (TPSA) is 94.9 Å². The third kappa shape index (κ3) is 2.31. The minimum absolute atomic E-state index is 0.0111. The van der Waals surface area contributed by atoms with Crippen molar-refractivity contribution in [2.45, 2.75) is 31.5 Å². The van der Waals surface area contributed by atoms with Crippen molar-refractivity contribution >= 4 is 15.8 Å². The van der Waals surface area contributed by atoms with Crippen molar-refractivity contribution in [1.82, 2.24) is 4.90 Å². The van der Waals surface area contributed by atoms with E-state index < -0.39 is 34.0 Å². The number of rotatable bonds is 2. The van der Waals surface area contributed by atoms with E-state index in [0.717, 1.165) is 6.42 Å². The van der Waals surface area contributed by atoms with E-state index in [9.17, 15) is 18.3 Å². The number of aliphatic carboxylic acids is 1. The fraction of sp³-hybridized carbons (Fsp3) is 0.900. The quantitative estimate of drug-likeness (QED) is 0.659. The zero-order valence-corrected chi connectivity index (χ0v) is 10.4. The average molecular weight is 263 g/mol. The lowest BCUT2D eigenvalue weighted by Crippen LogP contribution is -2.49. The summed E-state index contributed by atoms with van der Waals surface area (Å²) in [6.45, 7) is 2.38. The number of hydrogen-bond acceptors (Lipinski definition) is 5. The molecule has 0 bridgehead atoms. The van der Waals surface area contributed by atoms with Gasteiger partial charge in [-0.05, 0) is 18.9 Å². The first kappa shape index (κ1) is 12.8. The van der Waals surface area contributed by atoms with E-state index in [2.05, 4.69) is 0 Å². The summed E-state index contributed by atoms with van der Waals surface area (Å²) in [4.78, 5) is 12.8. The molecule has 17 heavy (non-hydrogen) atoms. The number of carboxylic acid groups (broad SMARTS) is 1. The Labute approximate surface area is 100 Å². The van der Waals surface area contributed by atoms with Crippen LogP contribution in [0.5, 0.6) is 0 Å². The number of hydrogen-bond donors (Lipinski definition) is 2. The molecule has 2 aliphatic heterocycles. The highest BCUT2D eigenvalue weighted by Crippen LogP contribution is 2.30. The van der Waals surface area contributed by atoms with Crippen LogP contribution in [-0.4, -0.2) is 65.7 Å². The van der Waals surface area contributed by atoms with Crippen LogP contribution in [-0.2, 0) is 14.6 Å². The molecule has 0 spiro atoms. The van der Waals surface area contributed by atoms with Crippen LogP contribution in [0.1, 0.15) is 13.3 Å². The first-order chi connectivity index (χ1) is 7.82. The lowest BCUT2D eigenvalue weighted by molar-refractivity contribution is -0.144. The summed E-state index contributed by atoms with van der Waals surface area (Å²) in [5, 5.41) is 18.9. The standard InChI is InChI=1S/C10H17NO5S/c1-6-2-3-11(9(6)10(13)14)7-4-17(15,16)5-8(7)12/h6-9,12H,2-5H2,1H3,(H,13,14). The molecule has 2 fully saturated rings. The van der Waals surface area contributed by atoms with Crippen molar-refractivity contribution in [2.75, 3.05) is 18.1 Å². The largest absolute Gasteiger partial charge is 0.480 e. The molecular weight excluding hydrogens is 246 g/mol. The van der Waals surface area contributed by atoms with E-state index in [1.54, 1.807) is 4.90 Å². The molecule has 0 radical (unpaired) electrons. The molecule has 0 saturated carbocycles. The molecule has 6 nitrogen and oxygen atoms in total. The molecule has 2 heterocycles. The zero-order valence-electron chi connectivity index (χ0n) is 9.61. The van der Waals surface area contributed by atoms with Gasteiger partial charge in [0.25, 0.3) is 0 Å². The van der Waals surface area contributed by atoms with E-state index in [-0.39, 0.29) is 17.4 Å². The second-order valence-electron chi connectivity index (χ2n) is 5.00. The van der Waals surface area contributed by atoms with Gasteiger partial charge in [-0.3, -0.25) is 9.69 Å². The van der Waals surface area contributed by atoms with E-state index in [0.29, 0.717) is 6.54 Å². The van der Waals surface area contributed by atoms with Crippen molar-refractivity contribution in [1.29, 1.82) is 0 Å². The van der Waals surface area contributed by atoms with Gasteiger partial charge < -0.3 is 10.2 Å². The molecule has 2 saturated heterocycles. The van der Waals surface area contributed by atoms with Crippen LogP contribution in [0, 0.1) is 5.92 Å². The Hall–Kier alpha value is -0.660. The Morgan fingerprint density at radius 2 is 2.00 bits per heavy atom. The Kier molecular flexibility index (Phi) is 3.17. The SMILES string of the molecule is CC1CCN(C2CS(=O)(=O)CC2O)C1C(=O)O. The van der Waals surface area contributed by atoms with Gasteiger partial charge in [0.1, 0.15) is 6.04 Å². The van der Waals surface area contributed by atoms with Gasteiger partial charge in [0.2, 0.25) is 0 Å². The first-order valence-electron chi connectivity index (χ1n) is 5.69. The zero-order chi connectivity index (χ0) is 12.8. The minimum Gasteiger partial charge on any atom is -0.480 e. The Morgan fingerprint density at radius 3 is 2.47 bits per heavy atom. The van der Waals surface area contributed by atoms with E-state index in [4.69, 9.17) is 5.11 Å². The molecule has 4 atom stereocenters. The van der Waals surface area contributed by atoms with Crippen LogP contribution < -0.4 is 0 Å². The van der Waals surface area contributed by atoms with Gasteiger partial charge in [0.05, 0.1) is 23.7 Å². The molecule has 2 rings (SSSR count). The van der Waals surface area contributed by atoms with Gasteiger partial charge in [0.15, 0.2) is 9.84 Å². The summed E-state index contributed by atoms with van der Waals surface area (Å²) in [6, 6.07) is -1.24. The molecule has 0 aliphatic carbocycles. The predicted octanol–water partition coefficient (Wildman–Crippen LogP) is -1.06. The highest BCUT2D eigenvalue weighted by atomic mass is 32.2. The summed E-state index contributed by atoms with van der Waals surface area (Å²) in [5.74, 6) is -1.34. The second-order valence-corrected chi connectivity index (χ2v) is 7.15. The van der Waals surface area contributed by atoms with E-state index in [1.807, 2.05) is 6.92 Å². The maximum absolute atomic E-state index is 11.4. The molecule has 0 aromatic rings. The van der Waals surface area contributed by atoms with Crippen molar-refractivity contribution in [3.8, 4) is 0 Å². The third-order valence-corrected chi connectivity index (χ3v) is 5.41. The number of aliphatic hydroxyl groups excluding tert-OH is 1. The Balaban J connectivity index is 2.20. The lowest BCUT2D eigenvalue weighted by Gasteiger charge is -2.30. The van der Waals surface area contributed by atoms with Crippen LogP contribution in [0.15, 0.2) is 0 Å². The first-order valence-corrected chi connectivity index (χ1v) is 7.51. The molecule has 7 heteroatoms. The average Bonchev–Trinajstić information content (AvgIpc) is 2.66. The van der Waals surface area contributed by atoms with Crippen LogP contribution in [0.25, 0.3) is 0 Å². The van der Waals surface area contributed by atoms with Crippen molar-refractivity contribution in [3.05, 3.63) is 0 Å². The number of likely N-dealkylation sites (tertiary alicyclic amines) is 1. The van der Waals surface area contributed by atoms with Crippen molar-refractivity contribution in [2.24, 2.45) is 5.92 Å². The second kappa shape index (κ2) is 4.22. The van der Waals surface area contributed by atoms with Gasteiger partial charge >= 0.3 is 5.97 Å². The fourth-order valence-electron chi connectivity index (χ4n) is 2.86. The van der Waals surface area contributed by atoms with Crippen LogP contribution in [0.2, 0.25) is 0 Å². The number of carboxylic acids is 1. The number of nitrogens with zero attached hydrogens (tertiary/aromatic N) is 1. The van der Waals surface area contributed by atoms with Crippen LogP contribution >= 0.6 is 0 Å². The van der Waals surface area contributed by atoms with Gasteiger partial charge in [-0.25, -0.2) is 8.42 Å². The molecule has 2 N–H and O–H groups in total. The number of carbonyl (C=O) groups is 1. The lowest BCUT2D eigenvalue weighted by atomic mass is 10.0. The van der Waals surface area contributed by atoms with Gasteiger partial charge in [0, 0.05) is 0 Å². The van der Waals surface area contributed by atoms with Gasteiger partial charge in [-0.2, -0.15) is 0 Å². The predicted molar refractivity (Wildman–Crippen MR) is 60.4 cm³/mol. The minimum atomic E-state index is -3.23. The smallest absolute Gasteiger partial charge is 0.321 e. The molecule has 98 valence electrons. The van der Waals surface area contributed by atoms with Crippen molar-refractivity contribution in [3.63, 3.8) is 0 Å². The molecular formula is C10H17NO5S. The van der Waals surface area contributed by atoms with Crippen LogP contribution in [0.4, 0.5) is 0 Å². The molecule has 4 unspecified atom stereocenters. The fourth-order valence-corrected chi connectivity index (χ4v) is 4.67. The summed E-state index contributed by atoms with van der Waals surface area (Å²) in [7, 11) is -3.23. The Morgan fingerprint density at radius 1 is 1.35 bits per heavy atom. The van der Waals surface area contributed by atoms with Crippen LogP contribution in [0.3, 0.4) is 0 Å². The van der Waals surface area contributed by atoms with E-state index >= 15 is 0 Å². The summed E-state index contributed by atoms with van der Waals surface area (Å²) in [5.41, 5.74) is 0. The maximum Gasteiger partial charge on any atom is 0.321 e. The highest BCUT2D eigenvalue weighted by molar-refractivity contribution is 7.91. The molecule has 0 amide bonds. The monoisotopic (exact) mass is 263 g/mol. The normalized spacial score (nSPS) is 41.8. The van der Waals surface area contributed by atoms with Crippen molar-refractivity contribution < 1.29 is 23.4 Å². The molecule has 0 aromatic carbocycles. The van der Waals surface area contributed by atoms with E-state index in [1.165, 1.54) is 0 Å². The number of sulfone groups is 1. The highest BCUT2D eigenvalue weighted by Gasteiger charge is 2.47. The summed E-state index contributed by atoms with van der Waals surface area (Å²) >= 11 is 0. The maximum atomic E-state index is 11.4. The summed E-state index contributed by atoms with van der Waals surface area (Å²) < 4.78 is 22.9. The molecule has 2 aliphatic rings. The molecule has 0 aromatic heterocycles. The third-order valence-electron chi connectivity index (χ3n) is 3.71.